The number of benzene rings is 2. The van der Waals surface area contributed by atoms with E-state index in [1.54, 1.807) is 0 Å². The van der Waals surface area contributed by atoms with Crippen LogP contribution in [0.5, 0.6) is 0 Å². The molecule has 0 aromatic heterocycles. The first-order chi connectivity index (χ1) is 9.33. The summed E-state index contributed by atoms with van der Waals surface area (Å²) in [5.74, 6) is 0. The number of rotatable bonds is 6. The van der Waals surface area contributed by atoms with Crippen LogP contribution in [0.1, 0.15) is 13.3 Å². The summed E-state index contributed by atoms with van der Waals surface area (Å²) >= 11 is 0. The zero-order chi connectivity index (χ0) is 13.6. The van der Waals surface area contributed by atoms with Gasteiger partial charge in [0.1, 0.15) is 0 Å². The number of hydrogen-bond acceptors (Lipinski definition) is 0. The van der Waals surface area contributed by atoms with E-state index in [4.69, 9.17) is 0 Å². The molecule has 2 rings (SSSR count). The average molecular weight is 269 g/mol. The van der Waals surface area contributed by atoms with Crippen molar-refractivity contribution in [3.05, 3.63) is 73.3 Å². The molecule has 0 heterocycles. The largest absolute Gasteiger partial charge is 0.103 e. The summed E-state index contributed by atoms with van der Waals surface area (Å²) in [6.07, 6.45) is 5.58. The van der Waals surface area contributed by atoms with Crippen LogP contribution in [0.15, 0.2) is 73.3 Å². The molecule has 2 aromatic rings. The summed E-state index contributed by atoms with van der Waals surface area (Å²) in [7, 11) is -1.27. The van der Waals surface area contributed by atoms with Gasteiger partial charge >= 0.3 is 0 Å². The summed E-state index contributed by atoms with van der Waals surface area (Å²) in [5.41, 5.74) is 0. The normalized spacial score (nSPS) is 11.2. The third-order valence-electron chi connectivity index (χ3n) is 3.76. The van der Waals surface area contributed by atoms with Crippen LogP contribution in [0.25, 0.3) is 0 Å². The molecule has 98 valence electrons. The first kappa shape index (κ1) is 14.0. The summed E-state index contributed by atoms with van der Waals surface area (Å²) < 4.78 is 0. The first-order valence-electron chi connectivity index (χ1n) is 6.92. The van der Waals surface area contributed by atoms with Crippen molar-refractivity contribution in [1.82, 2.24) is 0 Å². The van der Waals surface area contributed by atoms with E-state index in [1.165, 1.54) is 22.9 Å². The third-order valence-corrected chi connectivity index (χ3v) is 8.43. The molecule has 0 fully saturated rings. The Morgan fingerprint density at radius 2 is 1.37 bits per heavy atom. The minimum atomic E-state index is -1.27. The lowest BCUT2D eigenvalue weighted by Crippen LogP contribution is -2.26. The van der Waals surface area contributed by atoms with Crippen LogP contribution in [-0.2, 0) is 0 Å². The predicted molar refractivity (Wildman–Crippen MR) is 89.3 cm³/mol. The van der Waals surface area contributed by atoms with Gasteiger partial charge in [0.2, 0.25) is 0 Å². The van der Waals surface area contributed by atoms with E-state index in [1.807, 2.05) is 0 Å². The molecular weight excluding hydrogens is 247 g/mol. The van der Waals surface area contributed by atoms with Gasteiger partial charge in [-0.15, -0.1) is 6.58 Å². The number of hydrogen-bond donors (Lipinski definition) is 0. The molecule has 0 bridgehead atoms. The molecule has 0 spiro atoms. The standard InChI is InChI=1S/C18H22P/c1-3-5-16-19(4-2,17-12-8-6-9-13-17)18-14-10-7-11-15-18/h3,6-15H,1,4-5,16H2,2H3/q+1. The lowest BCUT2D eigenvalue weighted by Gasteiger charge is -2.26. The van der Waals surface area contributed by atoms with Crippen molar-refractivity contribution in [3.8, 4) is 0 Å². The molecule has 19 heavy (non-hydrogen) atoms. The zero-order valence-electron chi connectivity index (χ0n) is 11.6. The summed E-state index contributed by atoms with van der Waals surface area (Å²) in [6, 6.07) is 22.1. The smallest absolute Gasteiger partial charge is 0.0991 e. The second-order valence-electron chi connectivity index (χ2n) is 4.76. The minimum Gasteiger partial charge on any atom is -0.103 e. The van der Waals surface area contributed by atoms with Crippen molar-refractivity contribution in [3.63, 3.8) is 0 Å². The molecule has 0 atom stereocenters. The van der Waals surface area contributed by atoms with E-state index in [0.29, 0.717) is 0 Å². The highest BCUT2D eigenvalue weighted by Gasteiger charge is 2.39. The Kier molecular flexibility index (Phi) is 4.93. The van der Waals surface area contributed by atoms with E-state index in [-0.39, 0.29) is 0 Å². The van der Waals surface area contributed by atoms with Gasteiger partial charge in [-0.3, -0.25) is 0 Å². The summed E-state index contributed by atoms with van der Waals surface area (Å²) in [4.78, 5) is 0. The molecule has 0 radical (unpaired) electrons. The van der Waals surface area contributed by atoms with Crippen LogP contribution in [-0.4, -0.2) is 12.3 Å². The highest BCUT2D eigenvalue weighted by molar-refractivity contribution is 7.89. The average Bonchev–Trinajstić information content (AvgIpc) is 2.51. The molecule has 0 aliphatic heterocycles. The third kappa shape index (κ3) is 2.96. The van der Waals surface area contributed by atoms with Crippen molar-refractivity contribution in [2.45, 2.75) is 13.3 Å². The molecule has 0 nitrogen and oxygen atoms in total. The van der Waals surface area contributed by atoms with Crippen LogP contribution in [0, 0.1) is 0 Å². The van der Waals surface area contributed by atoms with Crippen LogP contribution >= 0.6 is 7.26 Å². The fourth-order valence-corrected chi connectivity index (χ4v) is 6.64. The second kappa shape index (κ2) is 6.68. The van der Waals surface area contributed by atoms with E-state index < -0.39 is 7.26 Å². The van der Waals surface area contributed by atoms with E-state index in [9.17, 15) is 0 Å². The quantitative estimate of drug-likeness (QED) is 0.543. The van der Waals surface area contributed by atoms with Crippen molar-refractivity contribution >= 4 is 17.9 Å². The van der Waals surface area contributed by atoms with E-state index in [0.717, 1.165) is 6.42 Å². The van der Waals surface area contributed by atoms with Gasteiger partial charge in [0.05, 0.1) is 30.2 Å². The Morgan fingerprint density at radius 3 is 1.74 bits per heavy atom. The van der Waals surface area contributed by atoms with Gasteiger partial charge in [0.15, 0.2) is 0 Å². The molecule has 0 saturated carbocycles. The van der Waals surface area contributed by atoms with Crippen LogP contribution in [0.2, 0.25) is 0 Å². The van der Waals surface area contributed by atoms with Gasteiger partial charge < -0.3 is 0 Å². The highest BCUT2D eigenvalue weighted by atomic mass is 31.2. The first-order valence-corrected chi connectivity index (χ1v) is 9.08. The molecule has 0 saturated heterocycles. The Bertz CT molecular complexity index is 462. The maximum Gasteiger partial charge on any atom is 0.0991 e. The molecule has 2 aromatic carbocycles. The Morgan fingerprint density at radius 1 is 0.895 bits per heavy atom. The Labute approximate surface area is 117 Å². The van der Waals surface area contributed by atoms with Gasteiger partial charge in [-0.05, 0) is 37.6 Å². The topological polar surface area (TPSA) is 0 Å². The van der Waals surface area contributed by atoms with Gasteiger partial charge in [-0.2, -0.15) is 0 Å². The summed E-state index contributed by atoms with van der Waals surface area (Å²) in [6.45, 7) is 6.23. The van der Waals surface area contributed by atoms with Crippen LogP contribution in [0.4, 0.5) is 0 Å². The van der Waals surface area contributed by atoms with Crippen LogP contribution in [0.3, 0.4) is 0 Å². The van der Waals surface area contributed by atoms with Crippen LogP contribution < -0.4 is 10.6 Å². The van der Waals surface area contributed by atoms with Crippen molar-refractivity contribution < 1.29 is 0 Å². The van der Waals surface area contributed by atoms with Crippen molar-refractivity contribution in [2.24, 2.45) is 0 Å². The Hall–Kier alpha value is -1.39. The molecule has 0 aliphatic rings. The fourth-order valence-electron chi connectivity index (χ4n) is 2.67. The predicted octanol–water partition coefficient (Wildman–Crippen LogP) is 4.25. The van der Waals surface area contributed by atoms with Crippen molar-refractivity contribution in [1.29, 1.82) is 0 Å². The fraction of sp³-hybridized carbons (Fsp3) is 0.222. The second-order valence-corrected chi connectivity index (χ2v) is 8.80. The lowest BCUT2D eigenvalue weighted by molar-refractivity contribution is 1.22. The minimum absolute atomic E-state index is 1.09. The highest BCUT2D eigenvalue weighted by Crippen LogP contribution is 2.56. The molecular formula is C18H22P+. The molecule has 0 amide bonds. The summed E-state index contributed by atoms with van der Waals surface area (Å²) in [5, 5.41) is 3.04. The molecule has 0 unspecified atom stereocenters. The maximum absolute atomic E-state index is 3.90. The molecule has 1 heteroatoms. The van der Waals surface area contributed by atoms with E-state index >= 15 is 0 Å². The van der Waals surface area contributed by atoms with Gasteiger partial charge in [-0.1, -0.05) is 42.5 Å². The maximum atomic E-state index is 3.90. The van der Waals surface area contributed by atoms with Gasteiger partial charge in [0, 0.05) is 0 Å². The zero-order valence-corrected chi connectivity index (χ0v) is 12.5. The van der Waals surface area contributed by atoms with Gasteiger partial charge in [0.25, 0.3) is 0 Å². The molecule has 0 N–H and O–H groups in total. The van der Waals surface area contributed by atoms with Crippen molar-refractivity contribution in [2.75, 3.05) is 12.3 Å². The number of allylic oxidation sites excluding steroid dienone is 1. The lowest BCUT2D eigenvalue weighted by atomic mass is 10.4. The van der Waals surface area contributed by atoms with E-state index in [2.05, 4.69) is 80.2 Å². The Balaban J connectivity index is 2.51. The monoisotopic (exact) mass is 269 g/mol. The SMILES string of the molecule is C=CCC[P+](CC)(c1ccccc1)c1ccccc1. The molecule has 0 aliphatic carbocycles. The van der Waals surface area contributed by atoms with Gasteiger partial charge in [-0.25, -0.2) is 0 Å².